The third-order valence-electron chi connectivity index (χ3n) is 5.53. The zero-order chi connectivity index (χ0) is 21.2. The van der Waals surface area contributed by atoms with Gasteiger partial charge in [-0.2, -0.15) is 0 Å². The zero-order valence-corrected chi connectivity index (χ0v) is 21.1. The highest BCUT2D eigenvalue weighted by Crippen LogP contribution is 2.19. The molecule has 31 heavy (non-hydrogen) atoms. The third-order valence-corrected chi connectivity index (χ3v) is 5.53. The minimum absolute atomic E-state index is 0. The number of guanidine groups is 1. The molecule has 8 heteroatoms. The molecule has 0 radical (unpaired) electrons. The molecule has 2 atom stereocenters. The van der Waals surface area contributed by atoms with Gasteiger partial charge in [-0.15, -0.1) is 24.0 Å². The molecule has 0 aromatic heterocycles. The number of halogens is 2. The Balaban J connectivity index is 0.00000341. The lowest BCUT2D eigenvalue weighted by Crippen LogP contribution is -2.47. The maximum Gasteiger partial charge on any atom is 0.194 e. The number of nitrogens with zero attached hydrogens (tertiary/aromatic N) is 2. The highest BCUT2D eigenvalue weighted by atomic mass is 127. The molecule has 1 aromatic rings. The van der Waals surface area contributed by atoms with E-state index in [4.69, 9.17) is 19.2 Å². The van der Waals surface area contributed by atoms with Crippen LogP contribution in [-0.2, 0) is 9.47 Å². The van der Waals surface area contributed by atoms with Gasteiger partial charge in [-0.25, -0.2) is 9.38 Å². The maximum absolute atomic E-state index is 13.8. The van der Waals surface area contributed by atoms with E-state index in [-0.39, 0.29) is 53.9 Å². The molecule has 3 rings (SSSR count). The fraction of sp³-hybridized carbons (Fsp3) is 0.696. The van der Waals surface area contributed by atoms with Gasteiger partial charge in [-0.3, -0.25) is 0 Å². The number of ether oxygens (including phenoxy) is 3. The Hall–Kier alpha value is -1.13. The molecule has 0 bridgehead atoms. The number of hydrogen-bond acceptors (Lipinski definition) is 4. The Bertz CT molecular complexity index is 665. The second-order valence-electron chi connectivity index (χ2n) is 8.06. The first-order valence-electron chi connectivity index (χ1n) is 11.3. The van der Waals surface area contributed by atoms with E-state index in [2.05, 4.69) is 17.1 Å². The van der Waals surface area contributed by atoms with Crippen LogP contribution in [0.3, 0.4) is 0 Å². The van der Waals surface area contributed by atoms with Gasteiger partial charge in [0.2, 0.25) is 0 Å². The summed E-state index contributed by atoms with van der Waals surface area (Å²) < 4.78 is 31.4. The van der Waals surface area contributed by atoms with Crippen molar-refractivity contribution in [2.45, 2.75) is 64.3 Å². The third kappa shape index (κ3) is 8.73. The van der Waals surface area contributed by atoms with Gasteiger partial charge < -0.3 is 24.4 Å². The van der Waals surface area contributed by atoms with Gasteiger partial charge in [0.25, 0.3) is 0 Å². The number of para-hydroxylation sites is 1. The van der Waals surface area contributed by atoms with Crippen LogP contribution < -0.4 is 10.1 Å². The Kier molecular flexibility index (Phi) is 11.9. The summed E-state index contributed by atoms with van der Waals surface area (Å²) in [5, 5.41) is 3.37. The van der Waals surface area contributed by atoms with Crippen LogP contribution in [0.25, 0.3) is 0 Å². The summed E-state index contributed by atoms with van der Waals surface area (Å²) in [7, 11) is 0. The standard InChI is InChI=1S/C23H36FN3O3.HI/c1-3-25-23(26-16-18(2)30-22-10-5-4-9-21(22)24)27-13-11-19(12-14-27)29-17-20-8-6-7-15-28-20;/h4-5,9-10,18-20H,3,6-8,11-17H2,1-2H3,(H,25,26);1H. The number of rotatable bonds is 8. The number of aliphatic imine (C=N–C) groups is 1. The molecule has 2 fully saturated rings. The topological polar surface area (TPSA) is 55.3 Å². The number of likely N-dealkylation sites (tertiary alicyclic amines) is 1. The molecule has 176 valence electrons. The van der Waals surface area contributed by atoms with Gasteiger partial charge in [-0.1, -0.05) is 12.1 Å². The minimum atomic E-state index is -0.346. The second-order valence-corrected chi connectivity index (χ2v) is 8.06. The van der Waals surface area contributed by atoms with Crippen molar-refractivity contribution in [2.24, 2.45) is 4.99 Å². The lowest BCUT2D eigenvalue weighted by molar-refractivity contribution is -0.0721. The summed E-state index contributed by atoms with van der Waals surface area (Å²) in [6.07, 6.45) is 5.84. The summed E-state index contributed by atoms with van der Waals surface area (Å²) in [5.41, 5.74) is 0. The van der Waals surface area contributed by atoms with Crippen molar-refractivity contribution in [1.29, 1.82) is 0 Å². The van der Waals surface area contributed by atoms with Crippen molar-refractivity contribution in [1.82, 2.24) is 10.2 Å². The monoisotopic (exact) mass is 549 g/mol. The van der Waals surface area contributed by atoms with Gasteiger partial charge in [0, 0.05) is 26.2 Å². The van der Waals surface area contributed by atoms with Crippen LogP contribution in [-0.4, -0.2) is 68.6 Å². The van der Waals surface area contributed by atoms with Crippen LogP contribution >= 0.6 is 24.0 Å². The van der Waals surface area contributed by atoms with Crippen molar-refractivity contribution in [3.63, 3.8) is 0 Å². The summed E-state index contributed by atoms with van der Waals surface area (Å²) in [4.78, 5) is 7.00. The number of piperidine rings is 1. The van der Waals surface area contributed by atoms with Gasteiger partial charge >= 0.3 is 0 Å². The van der Waals surface area contributed by atoms with Crippen LogP contribution in [0.15, 0.2) is 29.3 Å². The molecular weight excluding hydrogens is 512 g/mol. The molecule has 2 heterocycles. The average Bonchev–Trinajstić information content (AvgIpc) is 2.78. The summed E-state index contributed by atoms with van der Waals surface area (Å²) in [6.45, 7) is 8.64. The number of nitrogens with one attached hydrogen (secondary N) is 1. The van der Waals surface area contributed by atoms with Gasteiger partial charge in [-0.05, 0) is 58.1 Å². The van der Waals surface area contributed by atoms with E-state index in [1.165, 1.54) is 18.9 Å². The van der Waals surface area contributed by atoms with Crippen LogP contribution in [0, 0.1) is 5.82 Å². The molecule has 2 saturated heterocycles. The summed E-state index contributed by atoms with van der Waals surface area (Å²) >= 11 is 0. The Labute approximate surface area is 202 Å². The quantitative estimate of drug-likeness (QED) is 0.299. The Morgan fingerprint density at radius 2 is 2.03 bits per heavy atom. The smallest absolute Gasteiger partial charge is 0.194 e. The lowest BCUT2D eigenvalue weighted by Gasteiger charge is -2.35. The molecular formula is C23H37FIN3O3. The predicted molar refractivity (Wildman–Crippen MR) is 132 cm³/mol. The number of hydrogen-bond donors (Lipinski definition) is 1. The first kappa shape index (κ1) is 26.1. The summed E-state index contributed by atoms with van der Waals surface area (Å²) in [6, 6.07) is 6.47. The molecule has 0 aliphatic carbocycles. The molecule has 2 aliphatic rings. The number of benzene rings is 1. The highest BCUT2D eigenvalue weighted by Gasteiger charge is 2.24. The molecule has 2 aliphatic heterocycles. The molecule has 1 aromatic carbocycles. The normalized spacial score (nSPS) is 21.3. The van der Waals surface area contributed by atoms with Crippen molar-refractivity contribution >= 4 is 29.9 Å². The van der Waals surface area contributed by atoms with E-state index in [0.29, 0.717) is 13.2 Å². The molecule has 1 N–H and O–H groups in total. The van der Waals surface area contributed by atoms with E-state index in [1.807, 2.05) is 6.92 Å². The average molecular weight is 549 g/mol. The fourth-order valence-electron chi connectivity index (χ4n) is 3.85. The minimum Gasteiger partial charge on any atom is -0.486 e. The Morgan fingerprint density at radius 3 is 2.71 bits per heavy atom. The zero-order valence-electron chi connectivity index (χ0n) is 18.7. The molecule has 0 amide bonds. The van der Waals surface area contributed by atoms with Crippen molar-refractivity contribution in [3.8, 4) is 5.75 Å². The van der Waals surface area contributed by atoms with Gasteiger partial charge in [0.15, 0.2) is 17.5 Å². The molecule has 6 nitrogen and oxygen atoms in total. The van der Waals surface area contributed by atoms with E-state index >= 15 is 0 Å². The van der Waals surface area contributed by atoms with Crippen molar-refractivity contribution < 1.29 is 18.6 Å². The lowest BCUT2D eigenvalue weighted by atomic mass is 10.1. The van der Waals surface area contributed by atoms with Crippen LogP contribution in [0.5, 0.6) is 5.75 Å². The van der Waals surface area contributed by atoms with E-state index in [9.17, 15) is 4.39 Å². The van der Waals surface area contributed by atoms with Crippen LogP contribution in [0.4, 0.5) is 4.39 Å². The molecule has 0 spiro atoms. The fourth-order valence-corrected chi connectivity index (χ4v) is 3.85. The van der Waals surface area contributed by atoms with Crippen molar-refractivity contribution in [3.05, 3.63) is 30.1 Å². The first-order valence-corrected chi connectivity index (χ1v) is 11.3. The molecule has 0 saturated carbocycles. The Morgan fingerprint density at radius 1 is 1.26 bits per heavy atom. The van der Waals surface area contributed by atoms with Gasteiger partial charge in [0.1, 0.15) is 6.10 Å². The van der Waals surface area contributed by atoms with Crippen LogP contribution in [0.1, 0.15) is 46.0 Å². The summed E-state index contributed by atoms with van der Waals surface area (Å²) in [5.74, 6) is 0.807. The maximum atomic E-state index is 13.8. The van der Waals surface area contributed by atoms with E-state index in [0.717, 1.165) is 51.5 Å². The second kappa shape index (κ2) is 14.1. The van der Waals surface area contributed by atoms with Gasteiger partial charge in [0.05, 0.1) is 25.4 Å². The van der Waals surface area contributed by atoms with Crippen molar-refractivity contribution in [2.75, 3.05) is 39.4 Å². The van der Waals surface area contributed by atoms with Crippen LogP contribution in [0.2, 0.25) is 0 Å². The SMILES string of the molecule is CCNC(=NCC(C)Oc1ccccc1F)N1CCC(OCC2CCCCO2)CC1.I. The van der Waals surface area contributed by atoms with E-state index in [1.54, 1.807) is 18.2 Å². The van der Waals surface area contributed by atoms with E-state index < -0.39 is 0 Å². The largest absolute Gasteiger partial charge is 0.486 e. The highest BCUT2D eigenvalue weighted by molar-refractivity contribution is 14.0. The first-order chi connectivity index (χ1) is 14.7. The molecule has 2 unspecified atom stereocenters. The predicted octanol–water partition coefficient (Wildman–Crippen LogP) is 4.23.